The van der Waals surface area contributed by atoms with Crippen molar-refractivity contribution in [2.24, 2.45) is 5.41 Å². The standard InChI is InChI=1S/C11H13NO3/c1-8-9(4-5-14-8)10(13)15-7-11(2,3)6-12/h4-5H,7H2,1-3H3. The number of hydrogen-bond donors (Lipinski definition) is 0. The molecular weight excluding hydrogens is 194 g/mol. The second-order valence-electron chi connectivity index (χ2n) is 3.96. The lowest BCUT2D eigenvalue weighted by atomic mass is 9.98. The minimum absolute atomic E-state index is 0.0763. The molecule has 80 valence electrons. The summed E-state index contributed by atoms with van der Waals surface area (Å²) in [7, 11) is 0. The van der Waals surface area contributed by atoms with Gasteiger partial charge in [0, 0.05) is 0 Å². The molecule has 0 saturated heterocycles. The lowest BCUT2D eigenvalue weighted by Gasteiger charge is -2.14. The van der Waals surface area contributed by atoms with Gasteiger partial charge < -0.3 is 9.15 Å². The molecule has 0 amide bonds. The van der Waals surface area contributed by atoms with Gasteiger partial charge in [-0.3, -0.25) is 0 Å². The van der Waals surface area contributed by atoms with E-state index < -0.39 is 11.4 Å². The molecule has 0 unspecified atom stereocenters. The first-order valence-corrected chi connectivity index (χ1v) is 4.59. The van der Waals surface area contributed by atoms with Crippen molar-refractivity contribution in [1.29, 1.82) is 5.26 Å². The molecule has 0 N–H and O–H groups in total. The SMILES string of the molecule is Cc1occc1C(=O)OCC(C)(C)C#N. The summed E-state index contributed by atoms with van der Waals surface area (Å²) in [5.74, 6) is 0.0688. The molecule has 1 heterocycles. The van der Waals surface area contributed by atoms with Gasteiger partial charge in [0.15, 0.2) is 0 Å². The van der Waals surface area contributed by atoms with Crippen LogP contribution in [0.5, 0.6) is 0 Å². The van der Waals surface area contributed by atoms with Crippen molar-refractivity contribution in [2.45, 2.75) is 20.8 Å². The Labute approximate surface area is 88.4 Å². The first-order chi connectivity index (χ1) is 6.96. The van der Waals surface area contributed by atoms with E-state index in [0.29, 0.717) is 11.3 Å². The summed E-state index contributed by atoms with van der Waals surface area (Å²) in [6.45, 7) is 5.18. The highest BCUT2D eigenvalue weighted by molar-refractivity contribution is 5.90. The summed E-state index contributed by atoms with van der Waals surface area (Å²) in [6, 6.07) is 3.61. The average molecular weight is 207 g/mol. The number of hydrogen-bond acceptors (Lipinski definition) is 4. The third-order valence-electron chi connectivity index (χ3n) is 1.95. The molecule has 4 heteroatoms. The van der Waals surface area contributed by atoms with Crippen molar-refractivity contribution in [3.63, 3.8) is 0 Å². The van der Waals surface area contributed by atoms with E-state index in [1.165, 1.54) is 6.26 Å². The fraction of sp³-hybridized carbons (Fsp3) is 0.455. The molecule has 1 rings (SSSR count). The van der Waals surface area contributed by atoms with Crippen LogP contribution in [-0.4, -0.2) is 12.6 Å². The highest BCUT2D eigenvalue weighted by Crippen LogP contribution is 2.16. The summed E-state index contributed by atoms with van der Waals surface area (Å²) in [5, 5.41) is 8.73. The third kappa shape index (κ3) is 2.84. The van der Waals surface area contributed by atoms with Crippen LogP contribution in [0.1, 0.15) is 30.0 Å². The molecular formula is C11H13NO3. The summed E-state index contributed by atoms with van der Waals surface area (Å²) < 4.78 is 9.98. The number of esters is 1. The molecule has 1 aromatic rings. The van der Waals surface area contributed by atoms with E-state index >= 15 is 0 Å². The summed E-state index contributed by atoms with van der Waals surface area (Å²) in [6.07, 6.45) is 1.43. The number of carbonyl (C=O) groups is 1. The quantitative estimate of drug-likeness (QED) is 0.713. The van der Waals surface area contributed by atoms with Crippen molar-refractivity contribution in [2.75, 3.05) is 6.61 Å². The predicted octanol–water partition coefficient (Wildman–Crippen LogP) is 2.29. The molecule has 1 aromatic heterocycles. The molecule has 0 spiro atoms. The number of nitrogens with zero attached hydrogens (tertiary/aromatic N) is 1. The van der Waals surface area contributed by atoms with Crippen LogP contribution in [0.2, 0.25) is 0 Å². The number of aryl methyl sites for hydroxylation is 1. The van der Waals surface area contributed by atoms with Crippen LogP contribution in [0.25, 0.3) is 0 Å². The Morgan fingerprint density at radius 1 is 1.67 bits per heavy atom. The highest BCUT2D eigenvalue weighted by Gasteiger charge is 2.21. The Bertz CT molecular complexity index is 398. The summed E-state index contributed by atoms with van der Waals surface area (Å²) in [4.78, 5) is 11.5. The maximum Gasteiger partial charge on any atom is 0.341 e. The molecule has 0 aliphatic carbocycles. The van der Waals surface area contributed by atoms with Gasteiger partial charge in [-0.05, 0) is 26.8 Å². The normalized spacial score (nSPS) is 10.8. The Morgan fingerprint density at radius 2 is 2.33 bits per heavy atom. The van der Waals surface area contributed by atoms with E-state index in [2.05, 4.69) is 6.07 Å². The zero-order valence-corrected chi connectivity index (χ0v) is 9.03. The van der Waals surface area contributed by atoms with Crippen molar-refractivity contribution in [1.82, 2.24) is 0 Å². The maximum absolute atomic E-state index is 11.5. The van der Waals surface area contributed by atoms with E-state index in [4.69, 9.17) is 14.4 Å². The zero-order chi connectivity index (χ0) is 11.5. The van der Waals surface area contributed by atoms with Gasteiger partial charge in [0.1, 0.15) is 17.9 Å². The van der Waals surface area contributed by atoms with E-state index in [9.17, 15) is 4.79 Å². The molecule has 0 bridgehead atoms. The predicted molar refractivity (Wildman–Crippen MR) is 53.1 cm³/mol. The van der Waals surface area contributed by atoms with E-state index in [1.807, 2.05) is 0 Å². The van der Waals surface area contributed by atoms with Gasteiger partial charge >= 0.3 is 5.97 Å². The lowest BCUT2D eigenvalue weighted by Crippen LogP contribution is -2.20. The molecule has 0 aliphatic rings. The highest BCUT2D eigenvalue weighted by atomic mass is 16.5. The van der Waals surface area contributed by atoms with Crippen LogP contribution in [0.3, 0.4) is 0 Å². The fourth-order valence-electron chi connectivity index (χ4n) is 0.953. The van der Waals surface area contributed by atoms with Gasteiger partial charge in [-0.1, -0.05) is 0 Å². The Kier molecular flexibility index (Phi) is 3.15. The minimum Gasteiger partial charge on any atom is -0.469 e. The number of furan rings is 1. The van der Waals surface area contributed by atoms with Gasteiger partial charge in [0.05, 0.1) is 17.7 Å². The van der Waals surface area contributed by atoms with E-state index in [1.54, 1.807) is 26.8 Å². The minimum atomic E-state index is -0.659. The summed E-state index contributed by atoms with van der Waals surface area (Å²) >= 11 is 0. The first kappa shape index (κ1) is 11.3. The second kappa shape index (κ2) is 4.18. The largest absolute Gasteiger partial charge is 0.469 e. The van der Waals surface area contributed by atoms with Crippen LogP contribution in [0, 0.1) is 23.7 Å². The molecule has 4 nitrogen and oxygen atoms in total. The van der Waals surface area contributed by atoms with Crippen molar-refractivity contribution < 1.29 is 13.9 Å². The van der Waals surface area contributed by atoms with E-state index in [0.717, 1.165) is 0 Å². The number of ether oxygens (including phenoxy) is 1. The van der Waals surface area contributed by atoms with Gasteiger partial charge in [-0.25, -0.2) is 4.79 Å². The molecule has 0 aliphatic heterocycles. The molecule has 0 saturated carbocycles. The van der Waals surface area contributed by atoms with E-state index in [-0.39, 0.29) is 6.61 Å². The topological polar surface area (TPSA) is 63.2 Å². The zero-order valence-electron chi connectivity index (χ0n) is 9.03. The fourth-order valence-corrected chi connectivity index (χ4v) is 0.953. The molecule has 0 atom stereocenters. The number of rotatable bonds is 3. The van der Waals surface area contributed by atoms with Gasteiger partial charge in [-0.15, -0.1) is 0 Å². The summed E-state index contributed by atoms with van der Waals surface area (Å²) in [5.41, 5.74) is -0.253. The number of carbonyl (C=O) groups excluding carboxylic acids is 1. The van der Waals surface area contributed by atoms with Crippen LogP contribution in [0.4, 0.5) is 0 Å². The lowest BCUT2D eigenvalue weighted by molar-refractivity contribution is 0.0405. The van der Waals surface area contributed by atoms with Crippen LogP contribution >= 0.6 is 0 Å². The second-order valence-corrected chi connectivity index (χ2v) is 3.96. The Morgan fingerprint density at radius 3 is 2.80 bits per heavy atom. The maximum atomic E-state index is 11.5. The Hall–Kier alpha value is -1.76. The molecule has 0 radical (unpaired) electrons. The molecule has 0 fully saturated rings. The first-order valence-electron chi connectivity index (χ1n) is 4.59. The Balaban J connectivity index is 2.59. The monoisotopic (exact) mass is 207 g/mol. The van der Waals surface area contributed by atoms with Gasteiger partial charge in [-0.2, -0.15) is 5.26 Å². The van der Waals surface area contributed by atoms with Crippen LogP contribution < -0.4 is 0 Å². The average Bonchev–Trinajstić information content (AvgIpc) is 2.61. The number of nitriles is 1. The van der Waals surface area contributed by atoms with Crippen LogP contribution in [0.15, 0.2) is 16.7 Å². The third-order valence-corrected chi connectivity index (χ3v) is 1.95. The van der Waals surface area contributed by atoms with Crippen LogP contribution in [-0.2, 0) is 4.74 Å². The smallest absolute Gasteiger partial charge is 0.341 e. The van der Waals surface area contributed by atoms with Gasteiger partial charge in [0.25, 0.3) is 0 Å². The van der Waals surface area contributed by atoms with Crippen molar-refractivity contribution >= 4 is 5.97 Å². The van der Waals surface area contributed by atoms with Gasteiger partial charge in [0.2, 0.25) is 0 Å². The van der Waals surface area contributed by atoms with Crippen molar-refractivity contribution in [3.8, 4) is 6.07 Å². The van der Waals surface area contributed by atoms with Crippen molar-refractivity contribution in [3.05, 3.63) is 23.7 Å². The molecule has 0 aromatic carbocycles. The molecule has 15 heavy (non-hydrogen) atoms.